The van der Waals surface area contributed by atoms with Gasteiger partial charge in [0.15, 0.2) is 11.5 Å². The molecule has 1 heterocycles. The van der Waals surface area contributed by atoms with Gasteiger partial charge in [0.1, 0.15) is 0 Å². The van der Waals surface area contributed by atoms with Crippen molar-refractivity contribution in [3.8, 4) is 11.5 Å². The standard InChI is InChI=1S/C13H16BrNO4/c1-6-3-8(14)12(19-2)11(16)10(6)9-4-7(5-15-9)13(17)18/h3,7,9,15-16H,4-5H2,1-2H3,(H,17,18). The average Bonchev–Trinajstić information content (AvgIpc) is 2.78. The minimum absolute atomic E-state index is 0.0675. The van der Waals surface area contributed by atoms with Crippen molar-refractivity contribution in [3.05, 3.63) is 21.7 Å². The van der Waals surface area contributed by atoms with Gasteiger partial charge in [0, 0.05) is 18.2 Å². The minimum atomic E-state index is -0.809. The number of aryl methyl sites for hydroxylation is 1. The number of carbonyl (C=O) groups is 1. The summed E-state index contributed by atoms with van der Waals surface area (Å²) in [6.45, 7) is 2.30. The number of hydrogen-bond donors (Lipinski definition) is 3. The molecule has 1 saturated heterocycles. The first-order chi connectivity index (χ1) is 8.95. The molecular formula is C13H16BrNO4. The lowest BCUT2D eigenvalue weighted by Crippen LogP contribution is -2.17. The first kappa shape index (κ1) is 14.1. The van der Waals surface area contributed by atoms with Gasteiger partial charge in [-0.25, -0.2) is 0 Å². The van der Waals surface area contributed by atoms with E-state index in [4.69, 9.17) is 9.84 Å². The molecule has 0 radical (unpaired) electrons. The van der Waals surface area contributed by atoms with E-state index >= 15 is 0 Å². The second-order valence-electron chi connectivity index (χ2n) is 4.70. The second kappa shape index (κ2) is 5.38. The van der Waals surface area contributed by atoms with Gasteiger partial charge in [0.25, 0.3) is 0 Å². The molecule has 0 bridgehead atoms. The maximum atomic E-state index is 11.0. The van der Waals surface area contributed by atoms with E-state index in [9.17, 15) is 9.90 Å². The number of aliphatic carboxylic acids is 1. The molecule has 1 aliphatic rings. The minimum Gasteiger partial charge on any atom is -0.504 e. The molecule has 6 heteroatoms. The third kappa shape index (κ3) is 2.55. The Morgan fingerprint density at radius 2 is 2.26 bits per heavy atom. The maximum Gasteiger partial charge on any atom is 0.307 e. The molecule has 1 aliphatic heterocycles. The van der Waals surface area contributed by atoms with Gasteiger partial charge in [-0.3, -0.25) is 4.79 Å². The average molecular weight is 330 g/mol. The fourth-order valence-electron chi connectivity index (χ4n) is 2.53. The maximum absolute atomic E-state index is 11.0. The lowest BCUT2D eigenvalue weighted by molar-refractivity contribution is -0.141. The quantitative estimate of drug-likeness (QED) is 0.792. The number of ether oxygens (including phenoxy) is 1. The lowest BCUT2D eigenvalue weighted by Gasteiger charge is -2.18. The number of halogens is 1. The van der Waals surface area contributed by atoms with Crippen LogP contribution in [0.2, 0.25) is 0 Å². The van der Waals surface area contributed by atoms with Gasteiger partial charge in [-0.1, -0.05) is 0 Å². The third-order valence-electron chi connectivity index (χ3n) is 3.49. The number of aromatic hydroxyl groups is 1. The molecule has 2 unspecified atom stereocenters. The van der Waals surface area contributed by atoms with Crippen molar-refractivity contribution in [2.75, 3.05) is 13.7 Å². The number of methoxy groups -OCH3 is 1. The first-order valence-electron chi connectivity index (χ1n) is 5.97. The summed E-state index contributed by atoms with van der Waals surface area (Å²) in [7, 11) is 1.49. The first-order valence-corrected chi connectivity index (χ1v) is 6.77. The Balaban J connectivity index is 2.38. The van der Waals surface area contributed by atoms with Crippen LogP contribution >= 0.6 is 15.9 Å². The summed E-state index contributed by atoms with van der Waals surface area (Å²) in [4.78, 5) is 11.0. The van der Waals surface area contributed by atoms with Gasteiger partial charge in [-0.05, 0) is 40.9 Å². The summed E-state index contributed by atoms with van der Waals surface area (Å²) in [5, 5.41) is 22.5. The number of hydrogen-bond acceptors (Lipinski definition) is 4. The number of rotatable bonds is 3. The van der Waals surface area contributed by atoms with Crippen molar-refractivity contribution in [1.29, 1.82) is 0 Å². The van der Waals surface area contributed by atoms with Crippen LogP contribution in [0, 0.1) is 12.8 Å². The molecule has 0 aromatic heterocycles. The molecule has 0 aliphatic carbocycles. The second-order valence-corrected chi connectivity index (χ2v) is 5.56. The number of carboxylic acids is 1. The zero-order valence-electron chi connectivity index (χ0n) is 10.7. The van der Waals surface area contributed by atoms with Crippen molar-refractivity contribution in [3.63, 3.8) is 0 Å². The fourth-order valence-corrected chi connectivity index (χ4v) is 3.23. The molecule has 0 saturated carbocycles. The normalized spacial score (nSPS) is 22.5. The van der Waals surface area contributed by atoms with Gasteiger partial charge in [0.05, 0.1) is 17.5 Å². The molecule has 1 aromatic carbocycles. The van der Waals surface area contributed by atoms with E-state index in [1.54, 1.807) is 0 Å². The lowest BCUT2D eigenvalue weighted by atomic mass is 9.95. The Bertz CT molecular complexity index is 518. The monoisotopic (exact) mass is 329 g/mol. The van der Waals surface area contributed by atoms with Crippen LogP contribution in [0.3, 0.4) is 0 Å². The molecule has 1 aromatic rings. The van der Waals surface area contributed by atoms with E-state index in [1.165, 1.54) is 7.11 Å². The van der Waals surface area contributed by atoms with Crippen LogP contribution in [-0.4, -0.2) is 29.8 Å². The molecule has 1 fully saturated rings. The van der Waals surface area contributed by atoms with E-state index in [0.29, 0.717) is 28.8 Å². The number of carboxylic acid groups (broad SMARTS) is 1. The van der Waals surface area contributed by atoms with Gasteiger partial charge in [-0.15, -0.1) is 0 Å². The van der Waals surface area contributed by atoms with Crippen molar-refractivity contribution >= 4 is 21.9 Å². The van der Waals surface area contributed by atoms with Crippen LogP contribution in [0.15, 0.2) is 10.5 Å². The highest BCUT2D eigenvalue weighted by Gasteiger charge is 2.33. The van der Waals surface area contributed by atoms with Crippen LogP contribution in [0.4, 0.5) is 0 Å². The van der Waals surface area contributed by atoms with Crippen LogP contribution < -0.4 is 10.1 Å². The molecule has 0 spiro atoms. The Hall–Kier alpha value is -1.27. The van der Waals surface area contributed by atoms with Gasteiger partial charge < -0.3 is 20.3 Å². The van der Waals surface area contributed by atoms with Crippen LogP contribution in [0.1, 0.15) is 23.6 Å². The highest BCUT2D eigenvalue weighted by Crippen LogP contribution is 2.44. The smallest absolute Gasteiger partial charge is 0.307 e. The van der Waals surface area contributed by atoms with E-state index in [1.807, 2.05) is 13.0 Å². The number of phenolic OH excluding ortho intramolecular Hbond substituents is 1. The Labute approximate surface area is 119 Å². The van der Waals surface area contributed by atoms with E-state index < -0.39 is 11.9 Å². The number of benzene rings is 1. The van der Waals surface area contributed by atoms with E-state index in [-0.39, 0.29) is 11.8 Å². The molecule has 2 atom stereocenters. The third-order valence-corrected chi connectivity index (χ3v) is 4.08. The molecule has 104 valence electrons. The summed E-state index contributed by atoms with van der Waals surface area (Å²) >= 11 is 3.34. The zero-order chi connectivity index (χ0) is 14.2. The van der Waals surface area contributed by atoms with Crippen molar-refractivity contribution in [2.24, 2.45) is 5.92 Å². The van der Waals surface area contributed by atoms with E-state index in [0.717, 1.165) is 5.56 Å². The van der Waals surface area contributed by atoms with Crippen molar-refractivity contribution in [2.45, 2.75) is 19.4 Å². The van der Waals surface area contributed by atoms with E-state index in [2.05, 4.69) is 21.2 Å². The summed E-state index contributed by atoms with van der Waals surface area (Å²) in [6.07, 6.45) is 0.467. The van der Waals surface area contributed by atoms with Gasteiger partial charge in [-0.2, -0.15) is 0 Å². The fraction of sp³-hybridized carbons (Fsp3) is 0.462. The van der Waals surface area contributed by atoms with Crippen LogP contribution in [0.25, 0.3) is 0 Å². The molecule has 2 rings (SSSR count). The molecular weight excluding hydrogens is 314 g/mol. The summed E-state index contributed by atoms with van der Waals surface area (Å²) in [5.74, 6) is -0.784. The predicted molar refractivity (Wildman–Crippen MR) is 73.6 cm³/mol. The summed E-state index contributed by atoms with van der Waals surface area (Å²) in [5.41, 5.74) is 1.61. The van der Waals surface area contributed by atoms with Crippen molar-refractivity contribution in [1.82, 2.24) is 5.32 Å². The largest absolute Gasteiger partial charge is 0.504 e. The SMILES string of the molecule is COc1c(Br)cc(C)c(C2CC(C(=O)O)CN2)c1O. The van der Waals surface area contributed by atoms with Crippen molar-refractivity contribution < 1.29 is 19.7 Å². The molecule has 3 N–H and O–H groups in total. The van der Waals surface area contributed by atoms with Gasteiger partial charge >= 0.3 is 5.97 Å². The highest BCUT2D eigenvalue weighted by atomic mass is 79.9. The predicted octanol–water partition coefficient (Wildman–Crippen LogP) is 2.21. The zero-order valence-corrected chi connectivity index (χ0v) is 12.3. The van der Waals surface area contributed by atoms with Crippen LogP contribution in [0.5, 0.6) is 11.5 Å². The Morgan fingerprint density at radius 3 is 2.79 bits per heavy atom. The molecule has 19 heavy (non-hydrogen) atoms. The van der Waals surface area contributed by atoms with Gasteiger partial charge in [0.2, 0.25) is 0 Å². The van der Waals surface area contributed by atoms with Crippen LogP contribution in [-0.2, 0) is 4.79 Å². The summed E-state index contributed by atoms with van der Waals surface area (Å²) < 4.78 is 5.85. The number of phenols is 1. The molecule has 5 nitrogen and oxygen atoms in total. The molecule has 0 amide bonds. The highest BCUT2D eigenvalue weighted by molar-refractivity contribution is 9.10. The number of nitrogens with one attached hydrogen (secondary N) is 1. The Kier molecular flexibility index (Phi) is 4.01. The topological polar surface area (TPSA) is 78.8 Å². The Morgan fingerprint density at radius 1 is 1.58 bits per heavy atom. The summed E-state index contributed by atoms with van der Waals surface area (Å²) in [6, 6.07) is 1.70.